The third kappa shape index (κ3) is 8.41. The first-order valence-electron chi connectivity index (χ1n) is 12.2. The molecule has 0 radical (unpaired) electrons. The summed E-state index contributed by atoms with van der Waals surface area (Å²) >= 11 is 0. The second-order valence-corrected chi connectivity index (χ2v) is 13.0. The molecular formula is C31H34O4S2+2. The Kier molecular flexibility index (Phi) is 9.69. The molecule has 0 bridgehead atoms. The Morgan fingerprint density at radius 3 is 1.38 bits per heavy atom. The molecule has 0 aliphatic carbocycles. The van der Waals surface area contributed by atoms with Gasteiger partial charge in [-0.05, 0) is 72.8 Å². The zero-order chi connectivity index (χ0) is 26.0. The molecule has 4 rings (SSSR count). The Labute approximate surface area is 225 Å². The second-order valence-electron chi connectivity index (χ2n) is 8.90. The van der Waals surface area contributed by atoms with E-state index in [2.05, 4.69) is 36.8 Å². The van der Waals surface area contributed by atoms with Crippen molar-refractivity contribution in [3.8, 4) is 23.0 Å². The van der Waals surface area contributed by atoms with Crippen LogP contribution in [0.15, 0.2) is 107 Å². The third-order valence-corrected chi connectivity index (χ3v) is 9.55. The maximum Gasteiger partial charge on any atom is 0.155 e. The predicted octanol–water partition coefficient (Wildman–Crippen LogP) is 6.56. The molecular weight excluding hydrogens is 500 g/mol. The fraction of sp³-hybridized carbons (Fsp3) is 0.226. The maximum absolute atomic E-state index is 9.51. The largest absolute Gasteiger partial charge is 0.508 e. The molecule has 0 aliphatic rings. The Balaban J connectivity index is 1.20. The first kappa shape index (κ1) is 26.8. The van der Waals surface area contributed by atoms with Crippen molar-refractivity contribution in [1.82, 2.24) is 0 Å². The predicted molar refractivity (Wildman–Crippen MR) is 155 cm³/mol. The minimum Gasteiger partial charge on any atom is -0.508 e. The Morgan fingerprint density at radius 2 is 0.973 bits per heavy atom. The Morgan fingerprint density at radius 1 is 0.568 bits per heavy atom. The van der Waals surface area contributed by atoms with E-state index in [1.54, 1.807) is 24.3 Å². The van der Waals surface area contributed by atoms with Crippen LogP contribution in [0.2, 0.25) is 0 Å². The van der Waals surface area contributed by atoms with Crippen LogP contribution in [-0.2, 0) is 33.3 Å². The van der Waals surface area contributed by atoms with E-state index in [-0.39, 0.29) is 21.8 Å². The number of phenolic OH excluding ortho intramolecular Hbond substituents is 2. The van der Waals surface area contributed by atoms with E-state index in [0.717, 1.165) is 29.4 Å². The Hall–Kier alpha value is -3.22. The summed E-state index contributed by atoms with van der Waals surface area (Å²) in [6.45, 7) is 1.19. The number of benzene rings is 4. The molecule has 6 heteroatoms. The lowest BCUT2D eigenvalue weighted by Crippen LogP contribution is -2.07. The highest BCUT2D eigenvalue weighted by atomic mass is 32.2. The van der Waals surface area contributed by atoms with Crippen LogP contribution in [0.3, 0.4) is 0 Å². The van der Waals surface area contributed by atoms with Crippen LogP contribution < -0.4 is 9.47 Å². The van der Waals surface area contributed by atoms with Crippen LogP contribution in [0.25, 0.3) is 0 Å². The van der Waals surface area contributed by atoms with Crippen LogP contribution >= 0.6 is 0 Å². The normalized spacial score (nSPS) is 12.6. The molecule has 0 saturated heterocycles. The van der Waals surface area contributed by atoms with Gasteiger partial charge in [0.2, 0.25) is 0 Å². The molecule has 2 N–H and O–H groups in total. The van der Waals surface area contributed by atoms with Gasteiger partial charge in [0.25, 0.3) is 0 Å². The maximum atomic E-state index is 9.51. The number of ether oxygens (including phenoxy) is 2. The van der Waals surface area contributed by atoms with Gasteiger partial charge in [-0.25, -0.2) is 0 Å². The lowest BCUT2D eigenvalue weighted by Gasteiger charge is -2.10. The highest BCUT2D eigenvalue weighted by Gasteiger charge is 2.17. The van der Waals surface area contributed by atoms with Gasteiger partial charge in [0.1, 0.15) is 47.0 Å². The van der Waals surface area contributed by atoms with Crippen molar-refractivity contribution >= 4 is 21.8 Å². The number of hydrogen-bond donors (Lipinski definition) is 2. The minimum absolute atomic E-state index is 0.0549. The zero-order valence-corrected chi connectivity index (χ0v) is 22.9. The van der Waals surface area contributed by atoms with Gasteiger partial charge < -0.3 is 19.7 Å². The van der Waals surface area contributed by atoms with E-state index in [1.807, 2.05) is 48.5 Å². The zero-order valence-electron chi connectivity index (χ0n) is 21.3. The van der Waals surface area contributed by atoms with Crippen LogP contribution in [0.5, 0.6) is 23.0 Å². The first-order chi connectivity index (χ1) is 18.0. The first-order valence-corrected chi connectivity index (χ1v) is 15.8. The summed E-state index contributed by atoms with van der Waals surface area (Å²) in [5.74, 6) is 4.24. The molecule has 0 saturated carbocycles. The summed E-state index contributed by atoms with van der Waals surface area (Å²) in [6, 6.07) is 31.5. The highest BCUT2D eigenvalue weighted by molar-refractivity contribution is 7.95. The van der Waals surface area contributed by atoms with Crippen molar-refractivity contribution in [3.05, 3.63) is 108 Å². The van der Waals surface area contributed by atoms with Gasteiger partial charge in [0.15, 0.2) is 9.79 Å². The fourth-order valence-corrected chi connectivity index (χ4v) is 6.81. The lowest BCUT2D eigenvalue weighted by molar-refractivity contribution is 0.247. The summed E-state index contributed by atoms with van der Waals surface area (Å²) in [5, 5.41) is 19.0. The number of aromatic hydroxyl groups is 2. The number of phenols is 2. The van der Waals surface area contributed by atoms with Gasteiger partial charge in [-0.2, -0.15) is 0 Å². The van der Waals surface area contributed by atoms with Crippen LogP contribution in [0.1, 0.15) is 17.5 Å². The monoisotopic (exact) mass is 534 g/mol. The van der Waals surface area contributed by atoms with Crippen molar-refractivity contribution in [1.29, 1.82) is 0 Å². The third-order valence-electron chi connectivity index (χ3n) is 5.87. The van der Waals surface area contributed by atoms with Crippen molar-refractivity contribution in [2.75, 3.05) is 25.7 Å². The summed E-state index contributed by atoms with van der Waals surface area (Å²) in [6.07, 6.45) is 5.24. The van der Waals surface area contributed by atoms with E-state index in [4.69, 9.17) is 9.47 Å². The van der Waals surface area contributed by atoms with Gasteiger partial charge in [-0.15, -0.1) is 0 Å². The number of rotatable bonds is 12. The molecule has 37 heavy (non-hydrogen) atoms. The van der Waals surface area contributed by atoms with Gasteiger partial charge in [0, 0.05) is 39.3 Å². The van der Waals surface area contributed by atoms with E-state index < -0.39 is 0 Å². The van der Waals surface area contributed by atoms with Crippen molar-refractivity contribution < 1.29 is 19.7 Å². The topological polar surface area (TPSA) is 58.9 Å². The van der Waals surface area contributed by atoms with E-state index >= 15 is 0 Å². The molecule has 4 nitrogen and oxygen atoms in total. The molecule has 2 unspecified atom stereocenters. The van der Waals surface area contributed by atoms with Crippen LogP contribution in [0, 0.1) is 0 Å². The summed E-state index contributed by atoms with van der Waals surface area (Å²) < 4.78 is 12.0. The van der Waals surface area contributed by atoms with Gasteiger partial charge in [-0.3, -0.25) is 0 Å². The molecule has 0 aromatic heterocycles. The molecule has 192 valence electrons. The molecule has 4 aromatic rings. The van der Waals surface area contributed by atoms with Crippen molar-refractivity contribution in [2.45, 2.75) is 27.7 Å². The van der Waals surface area contributed by atoms with Gasteiger partial charge in [0.05, 0.1) is 13.2 Å². The van der Waals surface area contributed by atoms with E-state index in [1.165, 1.54) is 20.9 Å². The van der Waals surface area contributed by atoms with Crippen LogP contribution in [0.4, 0.5) is 0 Å². The SMILES string of the molecule is C[S+](Cc1cccc(OCCCOc2cccc(C[S+](C)c3ccc(O)cc3)c2)c1)c1ccc(O)cc1. The molecule has 2 atom stereocenters. The average molecular weight is 535 g/mol. The number of hydrogen-bond acceptors (Lipinski definition) is 4. The molecule has 0 spiro atoms. The van der Waals surface area contributed by atoms with Crippen molar-refractivity contribution in [2.24, 2.45) is 0 Å². The highest BCUT2D eigenvalue weighted by Crippen LogP contribution is 2.23. The summed E-state index contributed by atoms with van der Waals surface area (Å²) in [5.41, 5.74) is 2.48. The molecule has 4 aromatic carbocycles. The van der Waals surface area contributed by atoms with Crippen molar-refractivity contribution in [3.63, 3.8) is 0 Å². The summed E-state index contributed by atoms with van der Waals surface area (Å²) in [4.78, 5) is 2.47. The standard InChI is InChI=1S/C31H32O4S2/c1-36(30-14-10-26(32)11-15-30)22-24-6-3-8-28(20-24)34-18-5-19-35-29-9-4-7-25(21-29)23-37(2)31-16-12-27(33)13-17-31/h3-4,6-17,20-21H,5,18-19,22-23H2,1-2H3/p+2. The van der Waals surface area contributed by atoms with Crippen LogP contribution in [-0.4, -0.2) is 35.9 Å². The molecule has 0 fully saturated rings. The summed E-state index contributed by atoms with van der Waals surface area (Å²) in [7, 11) is 0.110. The lowest BCUT2D eigenvalue weighted by atomic mass is 10.2. The fourth-order valence-electron chi connectivity index (χ4n) is 3.91. The van der Waals surface area contributed by atoms with E-state index in [9.17, 15) is 10.2 Å². The van der Waals surface area contributed by atoms with Gasteiger partial charge in [-0.1, -0.05) is 24.3 Å². The Bertz CT molecular complexity index is 1160. The molecule has 0 heterocycles. The smallest absolute Gasteiger partial charge is 0.155 e. The molecule has 0 aliphatic heterocycles. The quantitative estimate of drug-likeness (QED) is 0.160. The van der Waals surface area contributed by atoms with Gasteiger partial charge >= 0.3 is 0 Å². The molecule has 0 amide bonds. The second kappa shape index (κ2) is 13.4. The minimum atomic E-state index is 0.0549. The van der Waals surface area contributed by atoms with E-state index in [0.29, 0.717) is 24.7 Å². The average Bonchev–Trinajstić information content (AvgIpc) is 2.90.